The van der Waals surface area contributed by atoms with Gasteiger partial charge in [-0.3, -0.25) is 4.68 Å². The molecule has 2 rings (SSSR count). The second kappa shape index (κ2) is 5.75. The standard InChI is InChI=1S/C12H14N4O2S/c1-8-6-9(13)2-3-11(8)19-5-4-16-7-10(12(17)18)14-15-16/h2-3,6-7H,4-5,13H2,1H3,(H,17,18). The van der Waals surface area contributed by atoms with E-state index in [0.29, 0.717) is 6.54 Å². The molecule has 1 aromatic heterocycles. The molecule has 7 heteroatoms. The Balaban J connectivity index is 1.90. The number of aromatic nitrogens is 3. The van der Waals surface area contributed by atoms with Crippen LogP contribution in [0.3, 0.4) is 0 Å². The summed E-state index contributed by atoms with van der Waals surface area (Å²) in [5.74, 6) is -0.277. The maximum atomic E-state index is 10.7. The number of aromatic carboxylic acids is 1. The number of hydrogen-bond donors (Lipinski definition) is 2. The summed E-state index contributed by atoms with van der Waals surface area (Å²) in [6, 6.07) is 5.78. The lowest BCUT2D eigenvalue weighted by Gasteiger charge is -2.06. The molecule has 0 saturated heterocycles. The average Bonchev–Trinajstić information content (AvgIpc) is 2.81. The van der Waals surface area contributed by atoms with Crippen LogP contribution in [0.1, 0.15) is 16.1 Å². The molecular formula is C12H14N4O2S. The number of hydrogen-bond acceptors (Lipinski definition) is 5. The molecule has 2 aromatic rings. The third-order valence-electron chi connectivity index (χ3n) is 2.53. The largest absolute Gasteiger partial charge is 0.476 e. The number of anilines is 1. The van der Waals surface area contributed by atoms with E-state index in [2.05, 4.69) is 10.3 Å². The molecule has 19 heavy (non-hydrogen) atoms. The summed E-state index contributed by atoms with van der Waals surface area (Å²) in [5.41, 5.74) is 7.55. The number of carbonyl (C=O) groups is 1. The Labute approximate surface area is 114 Å². The monoisotopic (exact) mass is 278 g/mol. The Morgan fingerprint density at radius 1 is 1.53 bits per heavy atom. The summed E-state index contributed by atoms with van der Waals surface area (Å²) >= 11 is 1.68. The fourth-order valence-corrected chi connectivity index (χ4v) is 2.54. The minimum absolute atomic E-state index is 0.0336. The minimum Gasteiger partial charge on any atom is -0.476 e. The molecule has 1 heterocycles. The first-order valence-corrected chi connectivity index (χ1v) is 6.67. The lowest BCUT2D eigenvalue weighted by molar-refractivity contribution is 0.0690. The van der Waals surface area contributed by atoms with Crippen LogP contribution in [0.2, 0.25) is 0 Å². The van der Waals surface area contributed by atoms with E-state index in [1.807, 2.05) is 25.1 Å². The van der Waals surface area contributed by atoms with Crippen molar-refractivity contribution < 1.29 is 9.90 Å². The maximum absolute atomic E-state index is 10.7. The number of thioether (sulfide) groups is 1. The molecule has 0 aliphatic rings. The van der Waals surface area contributed by atoms with Gasteiger partial charge in [0.25, 0.3) is 0 Å². The zero-order valence-electron chi connectivity index (χ0n) is 10.4. The molecule has 0 radical (unpaired) electrons. The van der Waals surface area contributed by atoms with Crippen molar-refractivity contribution in [1.29, 1.82) is 0 Å². The van der Waals surface area contributed by atoms with Crippen LogP contribution in [-0.2, 0) is 6.54 Å². The van der Waals surface area contributed by atoms with E-state index in [0.717, 1.165) is 21.9 Å². The highest BCUT2D eigenvalue weighted by molar-refractivity contribution is 7.99. The van der Waals surface area contributed by atoms with Gasteiger partial charge in [0.05, 0.1) is 12.7 Å². The van der Waals surface area contributed by atoms with Gasteiger partial charge >= 0.3 is 5.97 Å². The molecule has 0 unspecified atom stereocenters. The Kier molecular flexibility index (Phi) is 4.06. The van der Waals surface area contributed by atoms with Gasteiger partial charge < -0.3 is 10.8 Å². The van der Waals surface area contributed by atoms with Crippen molar-refractivity contribution in [1.82, 2.24) is 15.0 Å². The number of carboxylic acid groups (broad SMARTS) is 1. The fraction of sp³-hybridized carbons (Fsp3) is 0.250. The topological polar surface area (TPSA) is 94.0 Å². The van der Waals surface area contributed by atoms with Crippen molar-refractivity contribution in [2.45, 2.75) is 18.4 Å². The molecule has 0 spiro atoms. The quantitative estimate of drug-likeness (QED) is 0.638. The fourth-order valence-electron chi connectivity index (χ4n) is 1.59. The van der Waals surface area contributed by atoms with Crippen molar-refractivity contribution in [2.75, 3.05) is 11.5 Å². The second-order valence-corrected chi connectivity index (χ2v) is 5.18. The third-order valence-corrected chi connectivity index (χ3v) is 3.69. The van der Waals surface area contributed by atoms with Crippen LogP contribution in [0.15, 0.2) is 29.3 Å². The van der Waals surface area contributed by atoms with E-state index < -0.39 is 5.97 Å². The number of benzene rings is 1. The highest BCUT2D eigenvalue weighted by Gasteiger charge is 2.08. The molecule has 0 aliphatic carbocycles. The first kappa shape index (κ1) is 13.4. The van der Waals surface area contributed by atoms with Crippen LogP contribution in [0.25, 0.3) is 0 Å². The van der Waals surface area contributed by atoms with E-state index >= 15 is 0 Å². The van der Waals surface area contributed by atoms with Crippen molar-refractivity contribution in [2.24, 2.45) is 0 Å². The van der Waals surface area contributed by atoms with Gasteiger partial charge in [-0.1, -0.05) is 5.21 Å². The Hall–Kier alpha value is -2.02. The molecule has 3 N–H and O–H groups in total. The first-order valence-electron chi connectivity index (χ1n) is 5.68. The van der Waals surface area contributed by atoms with Crippen LogP contribution in [0, 0.1) is 6.92 Å². The van der Waals surface area contributed by atoms with Gasteiger partial charge in [0, 0.05) is 16.3 Å². The van der Waals surface area contributed by atoms with E-state index in [1.54, 1.807) is 11.8 Å². The van der Waals surface area contributed by atoms with Gasteiger partial charge in [-0.25, -0.2) is 4.79 Å². The lowest BCUT2D eigenvalue weighted by atomic mass is 10.2. The normalized spacial score (nSPS) is 10.6. The molecule has 0 aliphatic heterocycles. The third kappa shape index (κ3) is 3.47. The molecule has 0 saturated carbocycles. The first-order chi connectivity index (χ1) is 9.06. The summed E-state index contributed by atoms with van der Waals surface area (Å²) in [4.78, 5) is 11.8. The summed E-state index contributed by atoms with van der Waals surface area (Å²) in [7, 11) is 0. The smallest absolute Gasteiger partial charge is 0.358 e. The molecular weight excluding hydrogens is 264 g/mol. The zero-order valence-corrected chi connectivity index (χ0v) is 11.2. The van der Waals surface area contributed by atoms with Crippen molar-refractivity contribution in [3.8, 4) is 0 Å². The molecule has 1 aromatic carbocycles. The highest BCUT2D eigenvalue weighted by Crippen LogP contribution is 2.24. The number of aryl methyl sites for hydroxylation is 2. The summed E-state index contributed by atoms with van der Waals surface area (Å²) < 4.78 is 1.53. The summed E-state index contributed by atoms with van der Waals surface area (Å²) in [6.45, 7) is 2.62. The van der Waals surface area contributed by atoms with Gasteiger partial charge in [0.2, 0.25) is 0 Å². The van der Waals surface area contributed by atoms with Crippen molar-refractivity contribution in [3.05, 3.63) is 35.7 Å². The number of nitrogen functional groups attached to an aromatic ring is 1. The van der Waals surface area contributed by atoms with Gasteiger partial charge in [0.15, 0.2) is 5.69 Å². The summed E-state index contributed by atoms with van der Waals surface area (Å²) in [6.07, 6.45) is 1.43. The summed E-state index contributed by atoms with van der Waals surface area (Å²) in [5, 5.41) is 16.0. The SMILES string of the molecule is Cc1cc(N)ccc1SCCn1cc(C(=O)O)nn1. The van der Waals surface area contributed by atoms with Crippen LogP contribution in [0.4, 0.5) is 5.69 Å². The highest BCUT2D eigenvalue weighted by atomic mass is 32.2. The average molecular weight is 278 g/mol. The number of nitrogens with zero attached hydrogens (tertiary/aromatic N) is 3. The minimum atomic E-state index is -1.06. The predicted octanol–water partition coefficient (Wildman–Crippen LogP) is 1.66. The zero-order chi connectivity index (χ0) is 13.8. The predicted molar refractivity (Wildman–Crippen MR) is 73.3 cm³/mol. The van der Waals surface area contributed by atoms with Crippen LogP contribution in [0.5, 0.6) is 0 Å². The maximum Gasteiger partial charge on any atom is 0.358 e. The van der Waals surface area contributed by atoms with E-state index in [1.165, 1.54) is 10.9 Å². The van der Waals surface area contributed by atoms with Crippen molar-refractivity contribution in [3.63, 3.8) is 0 Å². The molecule has 0 atom stereocenters. The van der Waals surface area contributed by atoms with Crippen LogP contribution >= 0.6 is 11.8 Å². The second-order valence-electron chi connectivity index (χ2n) is 4.05. The van der Waals surface area contributed by atoms with Gasteiger partial charge in [-0.05, 0) is 30.7 Å². The molecule has 0 amide bonds. The van der Waals surface area contributed by atoms with Gasteiger partial charge in [0.1, 0.15) is 0 Å². The molecule has 0 fully saturated rings. The van der Waals surface area contributed by atoms with Crippen molar-refractivity contribution >= 4 is 23.4 Å². The number of rotatable bonds is 5. The Morgan fingerprint density at radius 3 is 2.95 bits per heavy atom. The van der Waals surface area contributed by atoms with E-state index in [-0.39, 0.29) is 5.69 Å². The van der Waals surface area contributed by atoms with E-state index in [4.69, 9.17) is 10.8 Å². The molecule has 100 valence electrons. The number of nitrogens with two attached hydrogens (primary N) is 1. The van der Waals surface area contributed by atoms with Crippen LogP contribution < -0.4 is 5.73 Å². The lowest BCUT2D eigenvalue weighted by Crippen LogP contribution is -2.01. The molecule has 6 nitrogen and oxygen atoms in total. The van der Waals surface area contributed by atoms with E-state index in [9.17, 15) is 4.79 Å². The number of carboxylic acids is 1. The van der Waals surface area contributed by atoms with Gasteiger partial charge in [-0.15, -0.1) is 16.9 Å². The Bertz CT molecular complexity index is 597. The van der Waals surface area contributed by atoms with Crippen LogP contribution in [-0.4, -0.2) is 31.8 Å². The van der Waals surface area contributed by atoms with Gasteiger partial charge in [-0.2, -0.15) is 0 Å². The molecule has 0 bridgehead atoms. The Morgan fingerprint density at radius 2 is 2.32 bits per heavy atom.